The van der Waals surface area contributed by atoms with Gasteiger partial charge in [0.05, 0.1) is 23.7 Å². The SMILES string of the molecule is COC[C@@H]1CCN(C(=O)CNC(=O)c2cc(Cl)ccc2Cl)C1. The number of likely N-dealkylation sites (tertiary alicyclic amines) is 1. The van der Waals surface area contributed by atoms with Crippen molar-refractivity contribution >= 4 is 35.0 Å². The van der Waals surface area contributed by atoms with Crippen molar-refractivity contribution in [3.8, 4) is 0 Å². The van der Waals surface area contributed by atoms with E-state index in [1.54, 1.807) is 24.1 Å². The topological polar surface area (TPSA) is 58.6 Å². The van der Waals surface area contributed by atoms with Crippen molar-refractivity contribution in [2.75, 3.05) is 33.4 Å². The van der Waals surface area contributed by atoms with Gasteiger partial charge in [-0.05, 0) is 24.6 Å². The number of rotatable bonds is 5. The third-order valence-electron chi connectivity index (χ3n) is 3.61. The molecule has 0 aliphatic carbocycles. The molecule has 22 heavy (non-hydrogen) atoms. The van der Waals surface area contributed by atoms with Crippen LogP contribution in [0.5, 0.6) is 0 Å². The zero-order chi connectivity index (χ0) is 16.1. The first kappa shape index (κ1) is 17.1. The molecule has 1 aliphatic heterocycles. The minimum Gasteiger partial charge on any atom is -0.384 e. The van der Waals surface area contributed by atoms with Gasteiger partial charge in [-0.1, -0.05) is 23.2 Å². The summed E-state index contributed by atoms with van der Waals surface area (Å²) in [5, 5.41) is 3.31. The first-order valence-corrected chi connectivity index (χ1v) is 7.77. The van der Waals surface area contributed by atoms with E-state index < -0.39 is 5.91 Å². The van der Waals surface area contributed by atoms with E-state index in [2.05, 4.69) is 5.32 Å². The Bertz CT molecular complexity index is 566. The number of amides is 2. The summed E-state index contributed by atoms with van der Waals surface area (Å²) < 4.78 is 5.10. The van der Waals surface area contributed by atoms with E-state index in [1.807, 2.05) is 0 Å². The molecule has 2 amide bonds. The smallest absolute Gasteiger partial charge is 0.253 e. The van der Waals surface area contributed by atoms with E-state index >= 15 is 0 Å². The highest BCUT2D eigenvalue weighted by atomic mass is 35.5. The summed E-state index contributed by atoms with van der Waals surface area (Å²) in [6, 6.07) is 4.64. The highest BCUT2D eigenvalue weighted by Crippen LogP contribution is 2.20. The first-order chi connectivity index (χ1) is 10.5. The van der Waals surface area contributed by atoms with Gasteiger partial charge in [0.15, 0.2) is 0 Å². The molecule has 2 rings (SSSR count). The molecule has 1 aromatic carbocycles. The molecule has 0 unspecified atom stereocenters. The van der Waals surface area contributed by atoms with Gasteiger partial charge in [-0.3, -0.25) is 9.59 Å². The van der Waals surface area contributed by atoms with Crippen molar-refractivity contribution in [3.05, 3.63) is 33.8 Å². The summed E-state index contributed by atoms with van der Waals surface area (Å²) in [7, 11) is 1.65. The largest absolute Gasteiger partial charge is 0.384 e. The molecule has 0 bridgehead atoms. The maximum atomic E-state index is 12.1. The van der Waals surface area contributed by atoms with Crippen molar-refractivity contribution in [2.45, 2.75) is 6.42 Å². The summed E-state index contributed by atoms with van der Waals surface area (Å²) in [6.45, 7) is 1.96. The molecule has 1 aromatic rings. The van der Waals surface area contributed by atoms with Crippen LogP contribution in [0.15, 0.2) is 18.2 Å². The summed E-state index contributed by atoms with van der Waals surface area (Å²) >= 11 is 11.8. The molecule has 1 N–H and O–H groups in total. The lowest BCUT2D eigenvalue weighted by atomic mass is 10.1. The minimum atomic E-state index is -0.409. The maximum Gasteiger partial charge on any atom is 0.253 e. The predicted molar refractivity (Wildman–Crippen MR) is 85.4 cm³/mol. The van der Waals surface area contributed by atoms with Crippen LogP contribution in [0.2, 0.25) is 10.0 Å². The Balaban J connectivity index is 1.86. The quantitative estimate of drug-likeness (QED) is 0.890. The Labute approximate surface area is 139 Å². The van der Waals surface area contributed by atoms with E-state index in [0.717, 1.165) is 6.42 Å². The van der Waals surface area contributed by atoms with Gasteiger partial charge in [-0.2, -0.15) is 0 Å². The molecule has 120 valence electrons. The number of carbonyl (C=O) groups excluding carboxylic acids is 2. The summed E-state index contributed by atoms with van der Waals surface area (Å²) in [4.78, 5) is 25.9. The Morgan fingerprint density at radius 2 is 2.18 bits per heavy atom. The van der Waals surface area contributed by atoms with Gasteiger partial charge in [-0.25, -0.2) is 0 Å². The van der Waals surface area contributed by atoms with Crippen LogP contribution in [0, 0.1) is 5.92 Å². The molecular weight excluding hydrogens is 327 g/mol. The van der Waals surface area contributed by atoms with Gasteiger partial charge in [0.2, 0.25) is 5.91 Å². The zero-order valence-electron chi connectivity index (χ0n) is 12.3. The number of methoxy groups -OCH3 is 1. The molecule has 0 spiro atoms. The van der Waals surface area contributed by atoms with Crippen LogP contribution in [0.4, 0.5) is 0 Å². The summed E-state index contributed by atoms with van der Waals surface area (Å²) in [5.74, 6) is -0.148. The normalized spacial score (nSPS) is 17.6. The lowest BCUT2D eigenvalue weighted by molar-refractivity contribution is -0.129. The zero-order valence-corrected chi connectivity index (χ0v) is 13.8. The van der Waals surface area contributed by atoms with E-state index in [0.29, 0.717) is 35.7 Å². The van der Waals surface area contributed by atoms with Crippen LogP contribution in [-0.2, 0) is 9.53 Å². The van der Waals surface area contributed by atoms with Crippen molar-refractivity contribution in [2.24, 2.45) is 5.92 Å². The highest BCUT2D eigenvalue weighted by molar-refractivity contribution is 6.35. The molecule has 7 heteroatoms. The number of nitrogens with zero attached hydrogens (tertiary/aromatic N) is 1. The highest BCUT2D eigenvalue weighted by Gasteiger charge is 2.26. The van der Waals surface area contributed by atoms with Crippen molar-refractivity contribution in [1.29, 1.82) is 0 Å². The second-order valence-corrected chi connectivity index (χ2v) is 6.10. The summed E-state index contributed by atoms with van der Waals surface area (Å²) in [6.07, 6.45) is 0.924. The van der Waals surface area contributed by atoms with Crippen LogP contribution in [0.3, 0.4) is 0 Å². The predicted octanol–water partition coefficient (Wildman–Crippen LogP) is 2.22. The van der Waals surface area contributed by atoms with E-state index in [-0.39, 0.29) is 18.0 Å². The molecule has 1 fully saturated rings. The van der Waals surface area contributed by atoms with Gasteiger partial charge in [0.25, 0.3) is 5.91 Å². The van der Waals surface area contributed by atoms with E-state index in [9.17, 15) is 9.59 Å². The third kappa shape index (κ3) is 4.35. The molecule has 1 aliphatic rings. The molecule has 0 aromatic heterocycles. The van der Waals surface area contributed by atoms with Crippen LogP contribution < -0.4 is 5.32 Å². The molecule has 0 radical (unpaired) electrons. The molecule has 0 saturated carbocycles. The second kappa shape index (κ2) is 7.81. The molecule has 1 atom stereocenters. The summed E-state index contributed by atoms with van der Waals surface area (Å²) in [5.41, 5.74) is 0.264. The van der Waals surface area contributed by atoms with E-state index in [4.69, 9.17) is 27.9 Å². The van der Waals surface area contributed by atoms with Gasteiger partial charge in [-0.15, -0.1) is 0 Å². The Hall–Kier alpha value is -1.30. The monoisotopic (exact) mass is 344 g/mol. The minimum absolute atomic E-state index is 0.0542. The number of ether oxygens (including phenoxy) is 1. The number of hydrogen-bond donors (Lipinski definition) is 1. The Morgan fingerprint density at radius 1 is 1.41 bits per heavy atom. The Morgan fingerprint density at radius 3 is 2.91 bits per heavy atom. The maximum absolute atomic E-state index is 12.1. The lowest BCUT2D eigenvalue weighted by Gasteiger charge is -2.17. The molecule has 1 saturated heterocycles. The second-order valence-electron chi connectivity index (χ2n) is 5.26. The van der Waals surface area contributed by atoms with Crippen molar-refractivity contribution < 1.29 is 14.3 Å². The average molecular weight is 345 g/mol. The number of nitrogens with one attached hydrogen (secondary N) is 1. The van der Waals surface area contributed by atoms with Crippen LogP contribution in [-0.4, -0.2) is 50.1 Å². The van der Waals surface area contributed by atoms with Gasteiger partial charge >= 0.3 is 0 Å². The van der Waals surface area contributed by atoms with Crippen molar-refractivity contribution in [3.63, 3.8) is 0 Å². The number of halogens is 2. The van der Waals surface area contributed by atoms with Crippen LogP contribution in [0.25, 0.3) is 0 Å². The standard InChI is InChI=1S/C15H18Cl2N2O3/c1-22-9-10-4-5-19(8-10)14(20)7-18-15(21)12-6-11(16)2-3-13(12)17/h2-3,6,10H,4-5,7-9H2,1H3,(H,18,21)/t10-/m1/s1. The fraction of sp³-hybridized carbons (Fsp3) is 0.467. The number of carbonyl (C=O) groups is 2. The number of hydrogen-bond acceptors (Lipinski definition) is 3. The number of benzene rings is 1. The lowest BCUT2D eigenvalue weighted by Crippen LogP contribution is -2.39. The molecular formula is C15H18Cl2N2O3. The third-order valence-corrected chi connectivity index (χ3v) is 4.18. The molecule has 1 heterocycles. The van der Waals surface area contributed by atoms with Crippen LogP contribution >= 0.6 is 23.2 Å². The van der Waals surface area contributed by atoms with Crippen LogP contribution in [0.1, 0.15) is 16.8 Å². The average Bonchev–Trinajstić information content (AvgIpc) is 2.96. The first-order valence-electron chi connectivity index (χ1n) is 7.01. The van der Waals surface area contributed by atoms with Crippen molar-refractivity contribution in [1.82, 2.24) is 10.2 Å². The molecule has 5 nitrogen and oxygen atoms in total. The van der Waals surface area contributed by atoms with Gasteiger partial charge in [0.1, 0.15) is 0 Å². The fourth-order valence-electron chi connectivity index (χ4n) is 2.47. The van der Waals surface area contributed by atoms with Gasteiger partial charge in [0, 0.05) is 31.1 Å². The fourth-order valence-corrected chi connectivity index (χ4v) is 2.84. The Kier molecular flexibility index (Phi) is 6.06. The van der Waals surface area contributed by atoms with Gasteiger partial charge < -0.3 is 15.0 Å². The van der Waals surface area contributed by atoms with E-state index in [1.165, 1.54) is 6.07 Å².